The van der Waals surface area contributed by atoms with Crippen molar-refractivity contribution in [1.29, 1.82) is 0 Å². The summed E-state index contributed by atoms with van der Waals surface area (Å²) in [5.74, 6) is -1.62. The Labute approximate surface area is 113 Å². The lowest BCUT2D eigenvalue weighted by molar-refractivity contribution is 0.0694. The van der Waals surface area contributed by atoms with Crippen LogP contribution < -0.4 is 0 Å². The Morgan fingerprint density at radius 2 is 2.11 bits per heavy atom. The third-order valence-electron chi connectivity index (χ3n) is 2.59. The van der Waals surface area contributed by atoms with Crippen LogP contribution in [0.5, 0.6) is 0 Å². The van der Waals surface area contributed by atoms with Crippen LogP contribution in [0.15, 0.2) is 22.7 Å². The van der Waals surface area contributed by atoms with Gasteiger partial charge in [-0.15, -0.1) is 0 Å². The first-order chi connectivity index (χ1) is 8.90. The number of carboxylic acids is 1. The van der Waals surface area contributed by atoms with Crippen LogP contribution in [0.4, 0.5) is 4.39 Å². The maximum atomic E-state index is 13.3. The van der Waals surface area contributed by atoms with Crippen LogP contribution in [0.2, 0.25) is 5.02 Å². The molecule has 19 heavy (non-hydrogen) atoms. The summed E-state index contributed by atoms with van der Waals surface area (Å²) in [6.45, 7) is 3.57. The number of aromatic carboxylic acids is 1. The molecule has 0 saturated heterocycles. The van der Waals surface area contributed by atoms with E-state index in [1.807, 2.05) is 0 Å². The van der Waals surface area contributed by atoms with Crippen LogP contribution in [0.1, 0.15) is 35.9 Å². The molecule has 0 atom stereocenters. The summed E-state index contributed by atoms with van der Waals surface area (Å²) in [6.07, 6.45) is 0. The molecule has 0 bridgehead atoms. The normalized spacial score (nSPS) is 11.0. The summed E-state index contributed by atoms with van der Waals surface area (Å²) in [6, 6.07) is 3.74. The van der Waals surface area contributed by atoms with Crippen molar-refractivity contribution in [3.8, 4) is 11.3 Å². The SMILES string of the molecule is CC(C)c1onc(-c2cc(F)cc(Cl)c2)c1C(=O)O. The van der Waals surface area contributed by atoms with E-state index in [1.54, 1.807) is 13.8 Å². The van der Waals surface area contributed by atoms with Gasteiger partial charge in [-0.05, 0) is 18.2 Å². The van der Waals surface area contributed by atoms with Crippen molar-refractivity contribution in [3.05, 3.63) is 40.4 Å². The van der Waals surface area contributed by atoms with Crippen LogP contribution in [0.25, 0.3) is 11.3 Å². The van der Waals surface area contributed by atoms with Crippen molar-refractivity contribution in [2.75, 3.05) is 0 Å². The van der Waals surface area contributed by atoms with Gasteiger partial charge in [0.1, 0.15) is 17.1 Å². The number of carbonyl (C=O) groups is 1. The monoisotopic (exact) mass is 283 g/mol. The standard InChI is InChI=1S/C13H11ClFNO3/c1-6(2)12-10(13(17)18)11(16-19-12)7-3-8(14)5-9(15)4-7/h3-6H,1-2H3,(H,17,18). The van der Waals surface area contributed by atoms with Crippen LogP contribution in [0.3, 0.4) is 0 Å². The third kappa shape index (κ3) is 2.61. The second-order valence-electron chi connectivity index (χ2n) is 4.39. The predicted octanol–water partition coefficient (Wildman–Crippen LogP) is 3.96. The molecule has 4 nitrogen and oxygen atoms in total. The highest BCUT2D eigenvalue weighted by molar-refractivity contribution is 6.30. The van der Waals surface area contributed by atoms with E-state index in [4.69, 9.17) is 16.1 Å². The Kier molecular flexibility index (Phi) is 3.57. The van der Waals surface area contributed by atoms with Gasteiger partial charge in [0.05, 0.1) is 0 Å². The van der Waals surface area contributed by atoms with E-state index >= 15 is 0 Å². The molecule has 0 saturated carbocycles. The quantitative estimate of drug-likeness (QED) is 0.926. The van der Waals surface area contributed by atoms with E-state index in [1.165, 1.54) is 12.1 Å². The Morgan fingerprint density at radius 3 is 2.63 bits per heavy atom. The number of nitrogens with zero attached hydrogens (tertiary/aromatic N) is 1. The molecule has 1 aromatic heterocycles. The highest BCUT2D eigenvalue weighted by Crippen LogP contribution is 2.31. The van der Waals surface area contributed by atoms with Gasteiger partial charge in [-0.1, -0.05) is 30.6 Å². The van der Waals surface area contributed by atoms with Crippen molar-refractivity contribution >= 4 is 17.6 Å². The van der Waals surface area contributed by atoms with E-state index in [-0.39, 0.29) is 33.5 Å². The Balaban J connectivity index is 2.65. The predicted molar refractivity (Wildman–Crippen MR) is 68.0 cm³/mol. The van der Waals surface area contributed by atoms with Crippen molar-refractivity contribution < 1.29 is 18.8 Å². The first kappa shape index (κ1) is 13.5. The van der Waals surface area contributed by atoms with Gasteiger partial charge < -0.3 is 9.63 Å². The minimum absolute atomic E-state index is 0.0586. The van der Waals surface area contributed by atoms with Gasteiger partial charge in [-0.25, -0.2) is 9.18 Å². The van der Waals surface area contributed by atoms with Crippen molar-refractivity contribution in [2.45, 2.75) is 19.8 Å². The van der Waals surface area contributed by atoms with Crippen molar-refractivity contribution in [3.63, 3.8) is 0 Å². The molecular weight excluding hydrogens is 273 g/mol. The summed E-state index contributed by atoms with van der Waals surface area (Å²) in [5, 5.41) is 13.2. The average molecular weight is 284 g/mol. The number of hydrogen-bond donors (Lipinski definition) is 1. The van der Waals surface area contributed by atoms with E-state index in [0.717, 1.165) is 6.07 Å². The molecule has 0 unspecified atom stereocenters. The molecular formula is C13H11ClFNO3. The van der Waals surface area contributed by atoms with E-state index < -0.39 is 11.8 Å². The van der Waals surface area contributed by atoms with E-state index in [2.05, 4.69) is 5.16 Å². The van der Waals surface area contributed by atoms with Crippen LogP contribution >= 0.6 is 11.6 Å². The van der Waals surface area contributed by atoms with Gasteiger partial charge in [-0.3, -0.25) is 0 Å². The molecule has 1 heterocycles. The smallest absolute Gasteiger partial charge is 0.341 e. The second-order valence-corrected chi connectivity index (χ2v) is 4.82. The maximum Gasteiger partial charge on any atom is 0.341 e. The first-order valence-corrected chi connectivity index (χ1v) is 5.97. The van der Waals surface area contributed by atoms with Crippen molar-refractivity contribution in [2.24, 2.45) is 0 Å². The lowest BCUT2D eigenvalue weighted by atomic mass is 10.0. The third-order valence-corrected chi connectivity index (χ3v) is 2.81. The van der Waals surface area contributed by atoms with Crippen molar-refractivity contribution in [1.82, 2.24) is 5.16 Å². The molecule has 0 spiro atoms. The fraction of sp³-hybridized carbons (Fsp3) is 0.231. The van der Waals surface area contributed by atoms with Gasteiger partial charge >= 0.3 is 5.97 Å². The summed E-state index contributed by atoms with van der Waals surface area (Å²) in [5.41, 5.74) is 0.298. The van der Waals surface area contributed by atoms with Gasteiger partial charge in [0.15, 0.2) is 5.76 Å². The maximum absolute atomic E-state index is 13.3. The number of benzene rings is 1. The Bertz CT molecular complexity index is 617. The molecule has 2 aromatic rings. The molecule has 0 amide bonds. The fourth-order valence-corrected chi connectivity index (χ4v) is 2.01. The largest absolute Gasteiger partial charge is 0.477 e. The average Bonchev–Trinajstić information content (AvgIpc) is 2.71. The lowest BCUT2D eigenvalue weighted by Crippen LogP contribution is -2.02. The first-order valence-electron chi connectivity index (χ1n) is 5.59. The zero-order valence-electron chi connectivity index (χ0n) is 10.3. The minimum Gasteiger partial charge on any atom is -0.477 e. The summed E-state index contributed by atoms with van der Waals surface area (Å²) < 4.78 is 18.4. The number of carboxylic acid groups (broad SMARTS) is 1. The molecule has 1 aromatic carbocycles. The van der Waals surface area contributed by atoms with Gasteiger partial charge in [0.25, 0.3) is 0 Å². The number of aromatic nitrogens is 1. The zero-order chi connectivity index (χ0) is 14.2. The Morgan fingerprint density at radius 1 is 1.42 bits per heavy atom. The summed E-state index contributed by atoms with van der Waals surface area (Å²) >= 11 is 5.76. The molecule has 6 heteroatoms. The van der Waals surface area contributed by atoms with E-state index in [0.29, 0.717) is 0 Å². The highest BCUT2D eigenvalue weighted by atomic mass is 35.5. The van der Waals surface area contributed by atoms with Crippen LogP contribution in [-0.4, -0.2) is 16.2 Å². The molecule has 0 aliphatic rings. The fourth-order valence-electron chi connectivity index (χ4n) is 1.79. The minimum atomic E-state index is -1.17. The number of hydrogen-bond acceptors (Lipinski definition) is 3. The molecule has 0 fully saturated rings. The van der Waals surface area contributed by atoms with E-state index in [9.17, 15) is 14.3 Å². The highest BCUT2D eigenvalue weighted by Gasteiger charge is 2.25. The van der Waals surface area contributed by atoms with Gasteiger partial charge in [0, 0.05) is 16.5 Å². The molecule has 0 aliphatic carbocycles. The molecule has 0 aliphatic heterocycles. The topological polar surface area (TPSA) is 63.3 Å². The van der Waals surface area contributed by atoms with Crippen LogP contribution in [0, 0.1) is 5.82 Å². The summed E-state index contributed by atoms with van der Waals surface area (Å²) in [7, 11) is 0. The molecule has 0 radical (unpaired) electrons. The molecule has 100 valence electrons. The second kappa shape index (κ2) is 5.01. The molecule has 1 N–H and O–H groups in total. The molecule has 2 rings (SSSR count). The van der Waals surface area contributed by atoms with Gasteiger partial charge in [0.2, 0.25) is 0 Å². The zero-order valence-corrected chi connectivity index (χ0v) is 11.0. The summed E-state index contributed by atoms with van der Waals surface area (Å²) in [4.78, 5) is 11.3. The Hall–Kier alpha value is -1.88. The number of rotatable bonds is 3. The van der Waals surface area contributed by atoms with Crippen LogP contribution in [-0.2, 0) is 0 Å². The number of halogens is 2. The van der Waals surface area contributed by atoms with Gasteiger partial charge in [-0.2, -0.15) is 0 Å². The lowest BCUT2D eigenvalue weighted by Gasteiger charge is -2.02.